The molecule has 1 fully saturated rings. The van der Waals surface area contributed by atoms with Crippen molar-refractivity contribution in [3.63, 3.8) is 0 Å². The Morgan fingerprint density at radius 2 is 1.86 bits per heavy atom. The Hall–Kier alpha value is -4.34. The Balaban J connectivity index is 1.48. The zero-order valence-electron chi connectivity index (χ0n) is 20.7. The molecule has 192 valence electrons. The van der Waals surface area contributed by atoms with Crippen LogP contribution in [0.15, 0.2) is 48.8 Å². The van der Waals surface area contributed by atoms with Crippen LogP contribution in [0.2, 0.25) is 0 Å². The highest BCUT2D eigenvalue weighted by molar-refractivity contribution is 5.99. The second kappa shape index (κ2) is 10.3. The smallest absolute Gasteiger partial charge is 0.330 e. The van der Waals surface area contributed by atoms with Crippen LogP contribution in [0.25, 0.3) is 22.7 Å². The molecule has 5 rings (SSSR count). The predicted octanol–water partition coefficient (Wildman–Crippen LogP) is 4.50. The van der Waals surface area contributed by atoms with E-state index in [1.165, 1.54) is 20.6 Å². The van der Waals surface area contributed by atoms with Gasteiger partial charge in [-0.25, -0.2) is 14.8 Å². The van der Waals surface area contributed by atoms with E-state index in [-0.39, 0.29) is 0 Å². The first-order valence-corrected chi connectivity index (χ1v) is 12.3. The molecule has 4 aromatic rings. The summed E-state index contributed by atoms with van der Waals surface area (Å²) < 4.78 is 12.7. The van der Waals surface area contributed by atoms with Crippen molar-refractivity contribution in [1.29, 1.82) is 0 Å². The van der Waals surface area contributed by atoms with Gasteiger partial charge in [0, 0.05) is 24.0 Å². The maximum Gasteiger partial charge on any atom is 0.330 e. The molecule has 10 nitrogen and oxygen atoms in total. The maximum absolute atomic E-state index is 13.2. The number of fused-ring (bicyclic) bond motifs is 1. The number of carbonyl (C=O) groups excluding carboxylic acids is 1. The topological polar surface area (TPSA) is 131 Å². The van der Waals surface area contributed by atoms with Crippen LogP contribution in [0.1, 0.15) is 60.1 Å². The lowest BCUT2D eigenvalue weighted by molar-refractivity contribution is -0.139. The number of imidazole rings is 2. The molecule has 2 heterocycles. The molecule has 1 aliphatic rings. The van der Waals surface area contributed by atoms with Gasteiger partial charge in [0.25, 0.3) is 5.91 Å². The average Bonchev–Trinajstić information content (AvgIpc) is 3.59. The van der Waals surface area contributed by atoms with Crippen LogP contribution in [-0.2, 0) is 4.79 Å². The van der Waals surface area contributed by atoms with Crippen LogP contribution in [0.5, 0.6) is 11.5 Å². The van der Waals surface area contributed by atoms with E-state index in [9.17, 15) is 14.7 Å². The van der Waals surface area contributed by atoms with Crippen molar-refractivity contribution in [2.24, 2.45) is 0 Å². The molecule has 1 atom stereocenters. The van der Waals surface area contributed by atoms with Gasteiger partial charge in [0.2, 0.25) is 0 Å². The minimum Gasteiger partial charge on any atom is -0.493 e. The number of nitrogens with one attached hydrogen (secondary N) is 2. The highest BCUT2D eigenvalue weighted by Crippen LogP contribution is 2.35. The molecule has 1 saturated carbocycles. The predicted molar refractivity (Wildman–Crippen MR) is 137 cm³/mol. The molecule has 10 heteroatoms. The minimum absolute atomic E-state index is 0.306. The quantitative estimate of drug-likeness (QED) is 0.322. The fraction of sp³-hybridized carbons (Fsp3) is 0.333. The summed E-state index contributed by atoms with van der Waals surface area (Å²) in [5.74, 6) is 0.540. The van der Waals surface area contributed by atoms with Gasteiger partial charge in [0.15, 0.2) is 29.2 Å². The van der Waals surface area contributed by atoms with E-state index in [2.05, 4.69) is 19.9 Å². The van der Waals surface area contributed by atoms with Gasteiger partial charge in [0.1, 0.15) is 0 Å². The lowest BCUT2D eigenvalue weighted by Gasteiger charge is -2.25. The molecule has 0 spiro atoms. The number of aromatic nitrogens is 4. The van der Waals surface area contributed by atoms with Gasteiger partial charge in [-0.3, -0.25) is 4.79 Å². The van der Waals surface area contributed by atoms with Crippen LogP contribution < -0.4 is 14.8 Å². The Bertz CT molecular complexity index is 1420. The summed E-state index contributed by atoms with van der Waals surface area (Å²) in [5.41, 5.74) is 2.26. The van der Waals surface area contributed by atoms with Crippen molar-refractivity contribution >= 4 is 22.9 Å². The van der Waals surface area contributed by atoms with Gasteiger partial charge >= 0.3 is 5.97 Å². The number of aromatic amines is 1. The molecule has 0 aliphatic heterocycles. The molecular weight excluding hydrogens is 474 g/mol. The molecule has 0 bridgehead atoms. The van der Waals surface area contributed by atoms with Crippen molar-refractivity contribution in [1.82, 2.24) is 24.8 Å². The summed E-state index contributed by atoms with van der Waals surface area (Å²) in [6.45, 7) is 0. The van der Waals surface area contributed by atoms with Crippen molar-refractivity contribution in [3.8, 4) is 23.1 Å². The third-order valence-corrected chi connectivity index (χ3v) is 6.86. The van der Waals surface area contributed by atoms with E-state index in [4.69, 9.17) is 14.5 Å². The van der Waals surface area contributed by atoms with Crippen molar-refractivity contribution in [2.45, 2.75) is 44.2 Å². The first-order valence-electron chi connectivity index (χ1n) is 12.3. The number of hydrogen-bond donors (Lipinski definition) is 3. The van der Waals surface area contributed by atoms with E-state index in [0.29, 0.717) is 40.0 Å². The highest BCUT2D eigenvalue weighted by Gasteiger charge is 2.26. The van der Waals surface area contributed by atoms with Crippen molar-refractivity contribution < 1.29 is 24.2 Å². The zero-order chi connectivity index (χ0) is 25.9. The summed E-state index contributed by atoms with van der Waals surface area (Å²) in [5, 5.41) is 12.5. The van der Waals surface area contributed by atoms with E-state index >= 15 is 0 Å². The third-order valence-electron chi connectivity index (χ3n) is 6.86. The zero-order valence-corrected chi connectivity index (χ0v) is 20.7. The monoisotopic (exact) mass is 503 g/mol. The second-order valence-electron chi connectivity index (χ2n) is 9.10. The van der Waals surface area contributed by atoms with E-state index in [1.54, 1.807) is 42.7 Å². The first-order chi connectivity index (χ1) is 18.0. The van der Waals surface area contributed by atoms with Crippen LogP contribution in [0.4, 0.5) is 0 Å². The van der Waals surface area contributed by atoms with Gasteiger partial charge in [-0.05, 0) is 48.7 Å². The Morgan fingerprint density at radius 1 is 1.08 bits per heavy atom. The average molecular weight is 504 g/mol. The van der Waals surface area contributed by atoms with Crippen LogP contribution >= 0.6 is 0 Å². The van der Waals surface area contributed by atoms with Crippen molar-refractivity contribution in [2.75, 3.05) is 14.2 Å². The van der Waals surface area contributed by atoms with Crippen LogP contribution in [0, 0.1) is 0 Å². The number of nitrogens with zero attached hydrogens (tertiary/aromatic N) is 3. The number of ether oxygens (including phenoxy) is 2. The fourth-order valence-corrected chi connectivity index (χ4v) is 5.04. The molecule has 1 aliphatic carbocycles. The van der Waals surface area contributed by atoms with Gasteiger partial charge in [-0.2, -0.15) is 0 Å². The Morgan fingerprint density at radius 3 is 2.54 bits per heavy atom. The normalized spacial score (nSPS) is 14.9. The molecule has 2 aromatic carbocycles. The summed E-state index contributed by atoms with van der Waals surface area (Å²) in [7, 11) is 2.96. The summed E-state index contributed by atoms with van der Waals surface area (Å²) in [6.07, 6.45) is 9.14. The summed E-state index contributed by atoms with van der Waals surface area (Å²) >= 11 is 0. The lowest BCUT2D eigenvalue weighted by Crippen LogP contribution is -2.33. The molecule has 1 unspecified atom stereocenters. The van der Waals surface area contributed by atoms with Crippen LogP contribution in [-0.4, -0.2) is 50.7 Å². The number of amides is 1. The molecule has 37 heavy (non-hydrogen) atoms. The summed E-state index contributed by atoms with van der Waals surface area (Å²) in [4.78, 5) is 37.7. The van der Waals surface area contributed by atoms with E-state index in [1.807, 2.05) is 6.07 Å². The lowest BCUT2D eigenvalue weighted by atomic mass is 9.95. The molecule has 0 saturated heterocycles. The Labute approximate surface area is 213 Å². The number of carboxylic acids is 1. The largest absolute Gasteiger partial charge is 0.493 e. The Kier molecular flexibility index (Phi) is 6.80. The van der Waals surface area contributed by atoms with E-state index < -0.39 is 17.9 Å². The van der Waals surface area contributed by atoms with Gasteiger partial charge in [0.05, 0.1) is 25.3 Å². The van der Waals surface area contributed by atoms with Gasteiger partial charge in [-0.1, -0.05) is 25.3 Å². The number of H-pyrrole nitrogens is 1. The highest BCUT2D eigenvalue weighted by atomic mass is 16.5. The first kappa shape index (κ1) is 24.4. The molecule has 3 N–H and O–H groups in total. The number of rotatable bonds is 8. The summed E-state index contributed by atoms with van der Waals surface area (Å²) in [6, 6.07) is 9.05. The number of benzene rings is 2. The number of carboxylic acid groups (broad SMARTS) is 1. The number of methoxy groups -OCH3 is 2. The second-order valence-corrected chi connectivity index (χ2v) is 9.10. The van der Waals surface area contributed by atoms with Gasteiger partial charge < -0.3 is 29.4 Å². The van der Waals surface area contributed by atoms with Crippen molar-refractivity contribution in [3.05, 3.63) is 59.9 Å². The molecule has 1 amide bonds. The van der Waals surface area contributed by atoms with Gasteiger partial charge in [-0.15, -0.1) is 0 Å². The minimum atomic E-state index is -1.28. The molecular formula is C27H29N5O5. The van der Waals surface area contributed by atoms with Crippen LogP contribution in [0.3, 0.4) is 0 Å². The number of hydrogen-bond acceptors (Lipinski definition) is 6. The maximum atomic E-state index is 13.2. The third kappa shape index (κ3) is 4.74. The number of aliphatic carboxylic acids is 1. The standard InChI is InChI=1S/C27H29N5O5/c1-36-21-11-9-16(15-22(21)37-2)23(27(34)35)31-26(33)17-8-10-20-19(14-17)30-25(24-28-12-13-29-24)32(20)18-6-4-3-5-7-18/h8-15,18,23H,3-7H2,1-2H3,(H,28,29)(H,31,33)(H,34,35). The molecule has 2 aromatic heterocycles. The SMILES string of the molecule is COc1ccc(C(NC(=O)c2ccc3c(c2)nc(-c2ncc[nH]2)n3C2CCCCC2)C(=O)O)cc1OC. The molecule has 0 radical (unpaired) electrons. The fourth-order valence-electron chi connectivity index (χ4n) is 5.04. The number of carbonyl (C=O) groups is 2. The van der Waals surface area contributed by atoms with E-state index in [0.717, 1.165) is 37.0 Å².